The second-order valence-electron chi connectivity index (χ2n) is 7.58. The molecule has 1 unspecified atom stereocenters. The average molecular weight is 442 g/mol. The fourth-order valence-corrected chi connectivity index (χ4v) is 5.17. The molecule has 3 N–H and O–H groups in total. The van der Waals surface area contributed by atoms with E-state index < -0.39 is 27.8 Å². The van der Waals surface area contributed by atoms with Crippen molar-refractivity contribution in [3.63, 3.8) is 0 Å². The predicted molar refractivity (Wildman–Crippen MR) is 114 cm³/mol. The Bertz CT molecular complexity index is 1220. The molecule has 1 aliphatic heterocycles. The van der Waals surface area contributed by atoms with Crippen LogP contribution in [0.2, 0.25) is 0 Å². The lowest BCUT2D eigenvalue weighted by Gasteiger charge is -2.31. The second-order valence-corrected chi connectivity index (χ2v) is 9.51. The largest absolute Gasteiger partial charge is 0.290 e. The van der Waals surface area contributed by atoms with Crippen molar-refractivity contribution in [2.45, 2.75) is 24.7 Å². The summed E-state index contributed by atoms with van der Waals surface area (Å²) in [6, 6.07) is 13.8. The Morgan fingerprint density at radius 3 is 2.61 bits per heavy atom. The molecule has 1 saturated heterocycles. The minimum Gasteiger partial charge on any atom is -0.277 e. The van der Waals surface area contributed by atoms with Crippen LogP contribution in [0.25, 0.3) is 10.9 Å². The molecular weight excluding hydrogens is 418 g/mol. The van der Waals surface area contributed by atoms with Crippen molar-refractivity contribution in [1.29, 1.82) is 0 Å². The Morgan fingerprint density at radius 2 is 1.84 bits per heavy atom. The summed E-state index contributed by atoms with van der Waals surface area (Å²) in [6.45, 7) is 2.30. The van der Waals surface area contributed by atoms with E-state index in [2.05, 4.69) is 21.0 Å². The lowest BCUT2D eigenvalue weighted by molar-refractivity contribution is -0.126. The lowest BCUT2D eigenvalue weighted by Crippen LogP contribution is -2.50. The Balaban J connectivity index is 1.39. The number of rotatable bonds is 4. The first kappa shape index (κ1) is 21.0. The van der Waals surface area contributed by atoms with Gasteiger partial charge in [-0.15, -0.1) is 0 Å². The van der Waals surface area contributed by atoms with E-state index in [1.165, 1.54) is 4.31 Å². The summed E-state index contributed by atoms with van der Waals surface area (Å²) in [5, 5.41) is 7.40. The monoisotopic (exact) mass is 441 g/mol. The Hall–Kier alpha value is -3.24. The molecule has 1 atom stereocenters. The van der Waals surface area contributed by atoms with Crippen molar-refractivity contribution in [2.75, 3.05) is 13.1 Å². The summed E-state index contributed by atoms with van der Waals surface area (Å²) < 4.78 is 27.2. The highest BCUT2D eigenvalue weighted by atomic mass is 32.2. The Labute approximate surface area is 179 Å². The molecule has 2 amide bonds. The van der Waals surface area contributed by atoms with Crippen LogP contribution >= 0.6 is 0 Å². The van der Waals surface area contributed by atoms with Gasteiger partial charge < -0.3 is 0 Å². The number of aromatic amines is 1. The summed E-state index contributed by atoms with van der Waals surface area (Å²) in [5.41, 5.74) is 6.64. The lowest BCUT2D eigenvalue weighted by atomic mass is 9.99. The summed E-state index contributed by atoms with van der Waals surface area (Å²) >= 11 is 0. The van der Waals surface area contributed by atoms with Gasteiger partial charge in [-0.05, 0) is 38.0 Å². The molecule has 0 bridgehead atoms. The maximum Gasteiger partial charge on any atom is 0.290 e. The molecule has 9 nitrogen and oxygen atoms in total. The van der Waals surface area contributed by atoms with Gasteiger partial charge in [0.05, 0.1) is 16.3 Å². The number of aromatic nitrogens is 2. The highest BCUT2D eigenvalue weighted by Crippen LogP contribution is 2.24. The van der Waals surface area contributed by atoms with E-state index in [1.54, 1.807) is 42.5 Å². The van der Waals surface area contributed by atoms with E-state index in [9.17, 15) is 18.0 Å². The molecule has 0 spiro atoms. The third-order valence-corrected chi connectivity index (χ3v) is 7.28. The van der Waals surface area contributed by atoms with Gasteiger partial charge in [-0.3, -0.25) is 25.5 Å². The molecule has 1 aromatic heterocycles. The van der Waals surface area contributed by atoms with E-state index in [0.717, 1.165) is 5.56 Å². The number of amides is 2. The summed E-state index contributed by atoms with van der Waals surface area (Å²) in [7, 11) is -3.68. The summed E-state index contributed by atoms with van der Waals surface area (Å²) in [6.07, 6.45) is 1.09. The van der Waals surface area contributed by atoms with Gasteiger partial charge in [-0.1, -0.05) is 35.9 Å². The number of carbonyl (C=O) groups excluding carboxylic acids is 2. The molecule has 0 saturated carbocycles. The van der Waals surface area contributed by atoms with Crippen LogP contribution in [-0.4, -0.2) is 47.8 Å². The maximum atomic E-state index is 12.9. The fraction of sp³-hybridized carbons (Fsp3) is 0.286. The van der Waals surface area contributed by atoms with Crippen LogP contribution < -0.4 is 10.9 Å². The molecule has 0 aliphatic carbocycles. The van der Waals surface area contributed by atoms with Gasteiger partial charge in [0.2, 0.25) is 15.9 Å². The van der Waals surface area contributed by atoms with Gasteiger partial charge in [-0.25, -0.2) is 8.42 Å². The van der Waals surface area contributed by atoms with Crippen LogP contribution in [0, 0.1) is 12.8 Å². The standard InChI is InChI=1S/C21H23N5O4S/c1-14-8-10-16(11-9-14)31(29,30)26-12-4-5-15(13-26)20(27)24-25-21(28)19-17-6-2-3-7-18(17)22-23-19/h2-3,6-11,15H,4-5,12-13H2,1H3,(H,22,23)(H,24,27)(H,25,28). The van der Waals surface area contributed by atoms with Gasteiger partial charge in [-0.2, -0.15) is 9.40 Å². The van der Waals surface area contributed by atoms with Gasteiger partial charge >= 0.3 is 0 Å². The van der Waals surface area contributed by atoms with E-state index in [1.807, 2.05) is 13.0 Å². The Kier molecular flexibility index (Phi) is 5.75. The third kappa shape index (κ3) is 4.30. The molecule has 2 aromatic carbocycles. The number of carbonyl (C=O) groups is 2. The van der Waals surface area contributed by atoms with E-state index >= 15 is 0 Å². The Morgan fingerprint density at radius 1 is 1.10 bits per heavy atom. The number of sulfonamides is 1. The van der Waals surface area contributed by atoms with Gasteiger partial charge in [0, 0.05) is 18.5 Å². The van der Waals surface area contributed by atoms with Gasteiger partial charge in [0.1, 0.15) is 0 Å². The first-order valence-corrected chi connectivity index (χ1v) is 11.4. The van der Waals surface area contributed by atoms with Crippen molar-refractivity contribution in [2.24, 2.45) is 5.92 Å². The summed E-state index contributed by atoms with van der Waals surface area (Å²) in [5.74, 6) is -1.55. The number of fused-ring (bicyclic) bond motifs is 1. The van der Waals surface area contributed by atoms with E-state index in [-0.39, 0.29) is 17.1 Å². The minimum atomic E-state index is -3.68. The highest BCUT2D eigenvalue weighted by molar-refractivity contribution is 7.89. The normalized spacial score (nSPS) is 17.4. The number of hydrogen-bond donors (Lipinski definition) is 3. The number of benzene rings is 2. The van der Waals surface area contributed by atoms with E-state index in [4.69, 9.17) is 0 Å². The molecule has 10 heteroatoms. The number of nitrogens with one attached hydrogen (secondary N) is 3. The number of hydrazine groups is 1. The molecule has 1 aliphatic rings. The van der Waals surface area contributed by atoms with Crippen LogP contribution in [0.5, 0.6) is 0 Å². The van der Waals surface area contributed by atoms with Crippen molar-refractivity contribution < 1.29 is 18.0 Å². The van der Waals surface area contributed by atoms with Crippen LogP contribution in [0.15, 0.2) is 53.4 Å². The number of para-hydroxylation sites is 1. The first-order valence-electron chi connectivity index (χ1n) is 9.96. The topological polar surface area (TPSA) is 124 Å². The van der Waals surface area contributed by atoms with Crippen molar-refractivity contribution in [3.05, 3.63) is 59.8 Å². The zero-order valence-corrected chi connectivity index (χ0v) is 17.8. The molecule has 1 fully saturated rings. The zero-order chi connectivity index (χ0) is 22.0. The quantitative estimate of drug-likeness (QED) is 0.532. The van der Waals surface area contributed by atoms with Crippen LogP contribution in [0.1, 0.15) is 28.9 Å². The van der Waals surface area contributed by atoms with Crippen molar-refractivity contribution in [1.82, 2.24) is 25.4 Å². The molecule has 0 radical (unpaired) electrons. The number of piperidine rings is 1. The first-order chi connectivity index (χ1) is 14.9. The van der Waals surface area contributed by atoms with E-state index in [0.29, 0.717) is 30.3 Å². The predicted octanol–water partition coefficient (Wildman–Crippen LogP) is 1.73. The highest BCUT2D eigenvalue weighted by Gasteiger charge is 2.33. The van der Waals surface area contributed by atoms with Gasteiger partial charge in [0.15, 0.2) is 5.69 Å². The number of hydrogen-bond acceptors (Lipinski definition) is 5. The minimum absolute atomic E-state index is 0.0588. The molecule has 162 valence electrons. The number of nitrogens with zero attached hydrogens (tertiary/aromatic N) is 2. The zero-order valence-electron chi connectivity index (χ0n) is 17.0. The molecule has 3 aromatic rings. The number of aryl methyl sites for hydroxylation is 1. The molecule has 31 heavy (non-hydrogen) atoms. The smallest absolute Gasteiger partial charge is 0.277 e. The van der Waals surface area contributed by atoms with Gasteiger partial charge in [0.25, 0.3) is 5.91 Å². The molecular formula is C21H23N5O4S. The number of H-pyrrole nitrogens is 1. The van der Waals surface area contributed by atoms with Crippen LogP contribution in [-0.2, 0) is 14.8 Å². The SMILES string of the molecule is Cc1ccc(S(=O)(=O)N2CCCC(C(=O)NNC(=O)c3n[nH]c4ccccc34)C2)cc1. The maximum absolute atomic E-state index is 12.9. The van der Waals surface area contributed by atoms with Crippen LogP contribution in [0.3, 0.4) is 0 Å². The van der Waals surface area contributed by atoms with Crippen LogP contribution in [0.4, 0.5) is 0 Å². The summed E-state index contributed by atoms with van der Waals surface area (Å²) in [4.78, 5) is 25.2. The van der Waals surface area contributed by atoms with Crippen molar-refractivity contribution in [3.8, 4) is 0 Å². The fourth-order valence-electron chi connectivity index (χ4n) is 3.65. The average Bonchev–Trinajstić information content (AvgIpc) is 3.22. The van der Waals surface area contributed by atoms with Crippen molar-refractivity contribution >= 4 is 32.7 Å². The molecule has 2 heterocycles. The second kappa shape index (κ2) is 8.48. The molecule has 4 rings (SSSR count). The third-order valence-electron chi connectivity index (χ3n) is 5.40.